The molecule has 26 heavy (non-hydrogen) atoms. The number of aliphatic hydroxyl groups is 1. The van der Waals surface area contributed by atoms with Gasteiger partial charge in [0.15, 0.2) is 0 Å². The van der Waals surface area contributed by atoms with E-state index in [4.69, 9.17) is 18.9 Å². The van der Waals surface area contributed by atoms with Gasteiger partial charge in [0, 0.05) is 24.7 Å². The topological polar surface area (TPSA) is 94.6 Å². The van der Waals surface area contributed by atoms with E-state index >= 15 is 0 Å². The molecule has 2 bridgehead atoms. The van der Waals surface area contributed by atoms with E-state index < -0.39 is 28.6 Å². The van der Waals surface area contributed by atoms with Gasteiger partial charge in [0.1, 0.15) is 24.4 Å². The van der Waals surface area contributed by atoms with Gasteiger partial charge in [-0.2, -0.15) is 0 Å². The van der Waals surface area contributed by atoms with Gasteiger partial charge in [-0.1, -0.05) is 13.0 Å². The number of esters is 2. The maximum Gasteiger partial charge on any atom is 0.302 e. The smallest absolute Gasteiger partial charge is 0.302 e. The maximum absolute atomic E-state index is 11.6. The number of carbonyl (C=O) groups excluding carboxylic acids is 2. The van der Waals surface area contributed by atoms with Gasteiger partial charge in [-0.15, -0.1) is 0 Å². The molecule has 1 saturated carbocycles. The van der Waals surface area contributed by atoms with Crippen molar-refractivity contribution >= 4 is 11.9 Å². The molecule has 7 nitrogen and oxygen atoms in total. The first kappa shape index (κ1) is 17.9. The van der Waals surface area contributed by atoms with Crippen molar-refractivity contribution in [2.24, 2.45) is 10.8 Å². The van der Waals surface area contributed by atoms with E-state index in [1.54, 1.807) is 0 Å². The SMILES string of the molecule is CC(=O)OC[C@@]12C[C@@H](O)C(C)=C[C@@H]1O[C@H]1[C@H](OC(C)=O)C[C@]2(C)C12CO2. The Morgan fingerprint density at radius 3 is 2.58 bits per heavy atom. The van der Waals surface area contributed by atoms with Crippen molar-refractivity contribution in [3.05, 3.63) is 11.6 Å². The summed E-state index contributed by atoms with van der Waals surface area (Å²) in [5.74, 6) is -0.723. The summed E-state index contributed by atoms with van der Waals surface area (Å²) in [6, 6.07) is 0. The Labute approximate surface area is 152 Å². The molecule has 0 aromatic rings. The molecular weight excluding hydrogens is 340 g/mol. The molecule has 2 aliphatic carbocycles. The third-order valence-corrected chi connectivity index (χ3v) is 7.08. The molecule has 2 aliphatic heterocycles. The molecule has 144 valence electrons. The first-order chi connectivity index (χ1) is 12.2. The molecule has 1 N–H and O–H groups in total. The van der Waals surface area contributed by atoms with Crippen LogP contribution >= 0.6 is 0 Å². The van der Waals surface area contributed by atoms with Crippen LogP contribution in [-0.2, 0) is 28.5 Å². The summed E-state index contributed by atoms with van der Waals surface area (Å²) in [4.78, 5) is 23.2. The molecule has 2 heterocycles. The maximum atomic E-state index is 11.6. The first-order valence-electron chi connectivity index (χ1n) is 9.12. The molecule has 4 rings (SSSR count). The molecule has 1 unspecified atom stereocenters. The van der Waals surface area contributed by atoms with Crippen LogP contribution in [0.5, 0.6) is 0 Å². The molecule has 3 fully saturated rings. The lowest BCUT2D eigenvalue weighted by atomic mass is 9.51. The molecule has 7 atom stereocenters. The zero-order chi connectivity index (χ0) is 18.9. The van der Waals surface area contributed by atoms with Gasteiger partial charge >= 0.3 is 11.9 Å². The highest BCUT2D eigenvalue weighted by atomic mass is 16.7. The Morgan fingerprint density at radius 1 is 1.31 bits per heavy atom. The highest BCUT2D eigenvalue weighted by Crippen LogP contribution is 2.71. The Morgan fingerprint density at radius 2 is 2.00 bits per heavy atom. The van der Waals surface area contributed by atoms with E-state index in [0.29, 0.717) is 19.4 Å². The number of hydrogen-bond donors (Lipinski definition) is 1. The number of aliphatic hydroxyl groups excluding tert-OH is 1. The number of ether oxygens (including phenoxy) is 4. The fourth-order valence-electron chi connectivity index (χ4n) is 5.52. The van der Waals surface area contributed by atoms with E-state index in [2.05, 4.69) is 6.92 Å². The third-order valence-electron chi connectivity index (χ3n) is 7.08. The van der Waals surface area contributed by atoms with Crippen LogP contribution in [0.2, 0.25) is 0 Å². The summed E-state index contributed by atoms with van der Waals surface area (Å²) in [6.07, 6.45) is 1.15. The number of epoxide rings is 1. The minimum atomic E-state index is -0.639. The lowest BCUT2D eigenvalue weighted by Crippen LogP contribution is -2.65. The van der Waals surface area contributed by atoms with Crippen molar-refractivity contribution in [3.8, 4) is 0 Å². The van der Waals surface area contributed by atoms with Crippen molar-refractivity contribution in [1.82, 2.24) is 0 Å². The van der Waals surface area contributed by atoms with Crippen LogP contribution in [0, 0.1) is 10.8 Å². The normalized spacial score (nSPS) is 48.6. The largest absolute Gasteiger partial charge is 0.465 e. The monoisotopic (exact) mass is 366 g/mol. The minimum absolute atomic E-state index is 0.134. The van der Waals surface area contributed by atoms with E-state index in [0.717, 1.165) is 5.57 Å². The lowest BCUT2D eigenvalue weighted by molar-refractivity contribution is -0.229. The second-order valence-corrected chi connectivity index (χ2v) is 8.41. The standard InChI is InChI=1S/C19H26O7/c1-10-5-15-18(6-13(10)22,8-23-11(2)20)17(4)7-14(25-12(3)21)16(26-15)19(17)9-24-19/h5,13-16,22H,6-9H2,1-4H3/t13-,14-,15+,16+,17+,18+,19?/m1/s1. The van der Waals surface area contributed by atoms with Crippen molar-refractivity contribution in [2.75, 3.05) is 13.2 Å². The zero-order valence-corrected chi connectivity index (χ0v) is 15.6. The van der Waals surface area contributed by atoms with Crippen LogP contribution in [0.1, 0.15) is 40.5 Å². The molecule has 4 aliphatic rings. The minimum Gasteiger partial charge on any atom is -0.465 e. The first-order valence-corrected chi connectivity index (χ1v) is 9.12. The van der Waals surface area contributed by atoms with Gasteiger partial charge in [0.25, 0.3) is 0 Å². The van der Waals surface area contributed by atoms with Gasteiger partial charge in [-0.3, -0.25) is 9.59 Å². The van der Waals surface area contributed by atoms with Crippen LogP contribution in [-0.4, -0.2) is 60.3 Å². The lowest BCUT2D eigenvalue weighted by Gasteiger charge is -2.57. The van der Waals surface area contributed by atoms with Crippen molar-refractivity contribution < 1.29 is 33.6 Å². The van der Waals surface area contributed by atoms with Gasteiger partial charge in [0.2, 0.25) is 0 Å². The summed E-state index contributed by atoms with van der Waals surface area (Å²) in [6.45, 7) is 7.38. The average Bonchev–Trinajstić information content (AvgIpc) is 3.30. The Balaban J connectivity index is 1.80. The fraction of sp³-hybridized carbons (Fsp3) is 0.789. The highest BCUT2D eigenvalue weighted by molar-refractivity contribution is 5.66. The second-order valence-electron chi connectivity index (χ2n) is 8.41. The van der Waals surface area contributed by atoms with Crippen LogP contribution in [0.25, 0.3) is 0 Å². The van der Waals surface area contributed by atoms with E-state index in [9.17, 15) is 14.7 Å². The predicted octanol–water partition coefficient (Wildman–Crippen LogP) is 1.12. The Hall–Kier alpha value is -1.44. The summed E-state index contributed by atoms with van der Waals surface area (Å²) < 4.78 is 23.4. The number of fused-ring (bicyclic) bond motifs is 2. The molecule has 0 amide bonds. The van der Waals surface area contributed by atoms with Gasteiger partial charge in [-0.05, 0) is 25.3 Å². The summed E-state index contributed by atoms with van der Waals surface area (Å²) in [5.41, 5.74) is -0.822. The zero-order valence-electron chi connectivity index (χ0n) is 15.6. The van der Waals surface area contributed by atoms with Crippen molar-refractivity contribution in [3.63, 3.8) is 0 Å². The van der Waals surface area contributed by atoms with Crippen LogP contribution in [0.15, 0.2) is 11.6 Å². The molecule has 0 aromatic carbocycles. The summed E-state index contributed by atoms with van der Waals surface area (Å²) in [7, 11) is 0. The molecule has 0 radical (unpaired) electrons. The van der Waals surface area contributed by atoms with Crippen LogP contribution in [0.4, 0.5) is 0 Å². The summed E-state index contributed by atoms with van der Waals surface area (Å²) in [5, 5.41) is 10.6. The molecular formula is C19H26O7. The average molecular weight is 366 g/mol. The predicted molar refractivity (Wildman–Crippen MR) is 89.1 cm³/mol. The van der Waals surface area contributed by atoms with Gasteiger partial charge < -0.3 is 24.1 Å². The molecule has 2 saturated heterocycles. The van der Waals surface area contributed by atoms with Crippen molar-refractivity contribution in [1.29, 1.82) is 0 Å². The number of carbonyl (C=O) groups is 2. The number of hydrogen-bond acceptors (Lipinski definition) is 7. The molecule has 1 spiro atoms. The van der Waals surface area contributed by atoms with Gasteiger partial charge in [0.05, 0.1) is 18.8 Å². The van der Waals surface area contributed by atoms with Crippen LogP contribution < -0.4 is 0 Å². The van der Waals surface area contributed by atoms with Crippen molar-refractivity contribution in [2.45, 2.75) is 70.6 Å². The van der Waals surface area contributed by atoms with E-state index in [1.807, 2.05) is 13.0 Å². The molecule has 7 heteroatoms. The second kappa shape index (κ2) is 5.53. The van der Waals surface area contributed by atoms with Crippen LogP contribution in [0.3, 0.4) is 0 Å². The molecule has 0 aromatic heterocycles. The third kappa shape index (κ3) is 2.17. The van der Waals surface area contributed by atoms with Gasteiger partial charge in [-0.25, -0.2) is 0 Å². The van der Waals surface area contributed by atoms with E-state index in [-0.39, 0.29) is 30.8 Å². The quantitative estimate of drug-likeness (QED) is 0.454. The fourth-order valence-corrected chi connectivity index (χ4v) is 5.52. The number of rotatable bonds is 3. The highest BCUT2D eigenvalue weighted by Gasteiger charge is 2.82. The summed E-state index contributed by atoms with van der Waals surface area (Å²) >= 11 is 0. The Bertz CT molecular complexity index is 681. The Kier molecular flexibility index (Phi) is 3.82. The van der Waals surface area contributed by atoms with E-state index in [1.165, 1.54) is 13.8 Å².